The summed E-state index contributed by atoms with van der Waals surface area (Å²) in [6, 6.07) is 8.46. The lowest BCUT2D eigenvalue weighted by Gasteiger charge is -2.20. The Morgan fingerprint density at radius 2 is 1.84 bits per heavy atom. The van der Waals surface area contributed by atoms with E-state index in [0.717, 1.165) is 0 Å². The number of halogens is 1. The number of carboxylic acid groups (broad SMARTS) is 1. The van der Waals surface area contributed by atoms with Gasteiger partial charge in [0, 0.05) is 16.5 Å². The van der Waals surface area contributed by atoms with Crippen LogP contribution in [0.15, 0.2) is 40.8 Å². The van der Waals surface area contributed by atoms with Gasteiger partial charge < -0.3 is 19.4 Å². The van der Waals surface area contributed by atoms with Crippen molar-refractivity contribution in [2.45, 2.75) is 19.4 Å². The van der Waals surface area contributed by atoms with Gasteiger partial charge in [-0.1, -0.05) is 0 Å². The molecule has 130 valence electrons. The fourth-order valence-electron chi connectivity index (χ4n) is 2.79. The van der Waals surface area contributed by atoms with E-state index in [9.17, 15) is 19.4 Å². The van der Waals surface area contributed by atoms with Crippen LogP contribution in [-0.2, 0) is 5.60 Å². The highest BCUT2D eigenvalue weighted by Gasteiger charge is 2.27. The SMILES string of the molecule is COc1cc2c(C(=O)O)c(-c3ccc(F)cc3)oc2cc1C(C)(C)O. The highest BCUT2D eigenvalue weighted by Crippen LogP contribution is 2.40. The van der Waals surface area contributed by atoms with Gasteiger partial charge in [-0.25, -0.2) is 9.18 Å². The van der Waals surface area contributed by atoms with E-state index in [1.807, 2.05) is 0 Å². The van der Waals surface area contributed by atoms with Crippen LogP contribution in [0.5, 0.6) is 5.75 Å². The van der Waals surface area contributed by atoms with Gasteiger partial charge in [-0.15, -0.1) is 0 Å². The summed E-state index contributed by atoms with van der Waals surface area (Å²) in [5, 5.41) is 20.3. The van der Waals surface area contributed by atoms with Crippen molar-refractivity contribution in [3.63, 3.8) is 0 Å². The maximum Gasteiger partial charge on any atom is 0.340 e. The normalized spacial score (nSPS) is 11.7. The highest BCUT2D eigenvalue weighted by atomic mass is 19.1. The third kappa shape index (κ3) is 2.96. The molecule has 0 saturated heterocycles. The first-order valence-electron chi connectivity index (χ1n) is 7.59. The number of methoxy groups -OCH3 is 1. The zero-order valence-corrected chi connectivity index (χ0v) is 14.0. The number of furan rings is 1. The molecule has 0 radical (unpaired) electrons. The number of ether oxygens (including phenoxy) is 1. The van der Waals surface area contributed by atoms with Gasteiger partial charge >= 0.3 is 5.97 Å². The number of fused-ring (bicyclic) bond motifs is 1. The third-order valence-corrected chi connectivity index (χ3v) is 3.99. The van der Waals surface area contributed by atoms with Gasteiger partial charge in [0.15, 0.2) is 0 Å². The van der Waals surface area contributed by atoms with Gasteiger partial charge in [-0.05, 0) is 50.2 Å². The van der Waals surface area contributed by atoms with Gasteiger partial charge in [0.25, 0.3) is 0 Å². The van der Waals surface area contributed by atoms with Crippen LogP contribution in [0.4, 0.5) is 4.39 Å². The van der Waals surface area contributed by atoms with Crippen molar-refractivity contribution in [2.24, 2.45) is 0 Å². The van der Waals surface area contributed by atoms with Crippen LogP contribution >= 0.6 is 0 Å². The van der Waals surface area contributed by atoms with Crippen molar-refractivity contribution in [1.82, 2.24) is 0 Å². The number of aromatic carboxylic acids is 1. The van der Waals surface area contributed by atoms with E-state index < -0.39 is 17.4 Å². The number of carboxylic acids is 1. The van der Waals surface area contributed by atoms with Crippen molar-refractivity contribution in [3.8, 4) is 17.1 Å². The van der Waals surface area contributed by atoms with E-state index in [1.165, 1.54) is 37.4 Å². The fraction of sp³-hybridized carbons (Fsp3) is 0.211. The van der Waals surface area contributed by atoms with Crippen molar-refractivity contribution < 1.29 is 28.6 Å². The van der Waals surface area contributed by atoms with Crippen molar-refractivity contribution >= 4 is 16.9 Å². The molecule has 1 heterocycles. The van der Waals surface area contributed by atoms with Crippen LogP contribution in [0.2, 0.25) is 0 Å². The minimum Gasteiger partial charge on any atom is -0.496 e. The van der Waals surface area contributed by atoms with Crippen molar-refractivity contribution in [3.05, 3.63) is 53.3 Å². The summed E-state index contributed by atoms with van der Waals surface area (Å²) in [5.41, 5.74) is -0.0272. The highest BCUT2D eigenvalue weighted by molar-refractivity contribution is 6.08. The Balaban J connectivity index is 2.34. The smallest absolute Gasteiger partial charge is 0.340 e. The van der Waals surface area contributed by atoms with E-state index in [-0.39, 0.29) is 11.3 Å². The molecule has 0 aliphatic carbocycles. The van der Waals surface area contributed by atoms with Gasteiger partial charge in [-0.3, -0.25) is 0 Å². The number of rotatable bonds is 4. The molecule has 0 aliphatic heterocycles. The average molecular weight is 344 g/mol. The monoisotopic (exact) mass is 344 g/mol. The lowest BCUT2D eigenvalue weighted by molar-refractivity contribution is 0.0698. The lowest BCUT2D eigenvalue weighted by atomic mass is 9.95. The first-order chi connectivity index (χ1) is 11.7. The third-order valence-electron chi connectivity index (χ3n) is 3.99. The largest absolute Gasteiger partial charge is 0.496 e. The minimum absolute atomic E-state index is 0.0396. The molecule has 1 aromatic heterocycles. The molecule has 0 aliphatic rings. The van der Waals surface area contributed by atoms with Gasteiger partial charge in [0.1, 0.15) is 28.5 Å². The second kappa shape index (κ2) is 5.89. The Morgan fingerprint density at radius 1 is 1.20 bits per heavy atom. The number of hydrogen-bond acceptors (Lipinski definition) is 4. The van der Waals surface area contributed by atoms with E-state index in [0.29, 0.717) is 27.8 Å². The number of carbonyl (C=O) groups is 1. The van der Waals surface area contributed by atoms with Crippen molar-refractivity contribution in [1.29, 1.82) is 0 Å². The van der Waals surface area contributed by atoms with Crippen LogP contribution < -0.4 is 4.74 Å². The van der Waals surface area contributed by atoms with Gasteiger partial charge in [-0.2, -0.15) is 0 Å². The predicted molar refractivity (Wildman–Crippen MR) is 90.4 cm³/mol. The zero-order valence-electron chi connectivity index (χ0n) is 14.0. The van der Waals surface area contributed by atoms with E-state index >= 15 is 0 Å². The second-order valence-corrected chi connectivity index (χ2v) is 6.23. The summed E-state index contributed by atoms with van der Waals surface area (Å²) < 4.78 is 24.2. The molecule has 0 atom stereocenters. The van der Waals surface area contributed by atoms with Gasteiger partial charge in [0.2, 0.25) is 0 Å². The Kier molecular flexibility index (Phi) is 4.00. The lowest BCUT2D eigenvalue weighted by Crippen LogP contribution is -2.16. The summed E-state index contributed by atoms with van der Waals surface area (Å²) >= 11 is 0. The molecule has 0 spiro atoms. The average Bonchev–Trinajstić information content (AvgIpc) is 2.92. The van der Waals surface area contributed by atoms with E-state index in [2.05, 4.69) is 0 Å². The van der Waals surface area contributed by atoms with Crippen LogP contribution in [0.3, 0.4) is 0 Å². The Morgan fingerprint density at radius 3 is 2.36 bits per heavy atom. The Hall–Kier alpha value is -2.86. The molecule has 0 bridgehead atoms. The fourth-order valence-corrected chi connectivity index (χ4v) is 2.79. The molecule has 2 aromatic carbocycles. The van der Waals surface area contributed by atoms with Crippen LogP contribution in [0.25, 0.3) is 22.3 Å². The molecule has 0 fully saturated rings. The summed E-state index contributed by atoms with van der Waals surface area (Å²) in [4.78, 5) is 11.8. The van der Waals surface area contributed by atoms with Crippen LogP contribution in [-0.4, -0.2) is 23.3 Å². The summed E-state index contributed by atoms with van der Waals surface area (Å²) in [5.74, 6) is -1.12. The predicted octanol–water partition coefficient (Wildman–Crippen LogP) is 4.17. The molecule has 0 unspecified atom stereocenters. The molecule has 3 rings (SSSR count). The Labute approximate surface area is 143 Å². The minimum atomic E-state index is -1.20. The standard InChI is InChI=1S/C19H17FO5/c1-19(2,23)13-9-14-12(8-15(13)24-3)16(18(21)22)17(25-14)10-4-6-11(20)7-5-10/h4-9,23H,1-3H3,(H,21,22). The Bertz CT molecular complexity index is 949. The van der Waals surface area contributed by atoms with E-state index in [4.69, 9.17) is 9.15 Å². The summed E-state index contributed by atoms with van der Waals surface area (Å²) in [6.07, 6.45) is 0. The molecule has 5 nitrogen and oxygen atoms in total. The first kappa shape index (κ1) is 17.0. The first-order valence-corrected chi connectivity index (χ1v) is 7.59. The molecule has 0 amide bonds. The quantitative estimate of drug-likeness (QED) is 0.742. The number of hydrogen-bond donors (Lipinski definition) is 2. The topological polar surface area (TPSA) is 79.9 Å². The van der Waals surface area contributed by atoms with E-state index in [1.54, 1.807) is 19.9 Å². The molecule has 6 heteroatoms. The maximum absolute atomic E-state index is 13.2. The summed E-state index contributed by atoms with van der Waals surface area (Å²) in [6.45, 7) is 3.19. The molecule has 0 saturated carbocycles. The molecular formula is C19H17FO5. The number of benzene rings is 2. The molecular weight excluding hydrogens is 327 g/mol. The number of aliphatic hydroxyl groups is 1. The molecule has 3 aromatic rings. The molecule has 2 N–H and O–H groups in total. The maximum atomic E-state index is 13.2. The van der Waals surface area contributed by atoms with Crippen molar-refractivity contribution in [2.75, 3.05) is 7.11 Å². The van der Waals surface area contributed by atoms with Crippen LogP contribution in [0, 0.1) is 5.82 Å². The summed E-state index contributed by atoms with van der Waals surface area (Å²) in [7, 11) is 1.44. The molecule has 25 heavy (non-hydrogen) atoms. The second-order valence-electron chi connectivity index (χ2n) is 6.23. The van der Waals surface area contributed by atoms with Crippen LogP contribution in [0.1, 0.15) is 29.8 Å². The van der Waals surface area contributed by atoms with Gasteiger partial charge in [0.05, 0.1) is 12.7 Å². The zero-order chi connectivity index (χ0) is 18.4.